The van der Waals surface area contributed by atoms with Crippen molar-refractivity contribution in [2.24, 2.45) is 0 Å². The fraction of sp³-hybridized carbons (Fsp3) is 0.333. The van der Waals surface area contributed by atoms with Crippen molar-refractivity contribution in [1.29, 1.82) is 0 Å². The van der Waals surface area contributed by atoms with Gasteiger partial charge in [-0.25, -0.2) is 8.42 Å². The zero-order valence-electron chi connectivity index (χ0n) is 12.2. The maximum atomic E-state index is 13.0. The van der Waals surface area contributed by atoms with Gasteiger partial charge in [-0.3, -0.25) is 0 Å². The van der Waals surface area contributed by atoms with Crippen LogP contribution >= 0.6 is 23.1 Å². The van der Waals surface area contributed by atoms with E-state index in [0.717, 1.165) is 11.3 Å². The quantitative estimate of drug-likeness (QED) is 0.833. The molecule has 1 atom stereocenters. The molecule has 2 aliphatic heterocycles. The summed E-state index contributed by atoms with van der Waals surface area (Å²) in [7, 11) is -3.57. The summed E-state index contributed by atoms with van der Waals surface area (Å²) < 4.78 is 38.6. The van der Waals surface area contributed by atoms with Crippen LogP contribution in [-0.4, -0.2) is 38.2 Å². The molecular formula is C15H15NO4S3. The highest BCUT2D eigenvalue weighted by molar-refractivity contribution is 8.01. The van der Waals surface area contributed by atoms with Gasteiger partial charge in [-0.1, -0.05) is 0 Å². The van der Waals surface area contributed by atoms with Gasteiger partial charge < -0.3 is 9.47 Å². The van der Waals surface area contributed by atoms with Crippen LogP contribution in [0.3, 0.4) is 0 Å². The summed E-state index contributed by atoms with van der Waals surface area (Å²) in [4.78, 5) is 0.254. The van der Waals surface area contributed by atoms with E-state index in [4.69, 9.17) is 9.47 Å². The van der Waals surface area contributed by atoms with Gasteiger partial charge in [0, 0.05) is 18.4 Å². The predicted molar refractivity (Wildman–Crippen MR) is 90.8 cm³/mol. The van der Waals surface area contributed by atoms with Crippen LogP contribution in [0.4, 0.5) is 0 Å². The van der Waals surface area contributed by atoms with Crippen LogP contribution in [0.25, 0.3) is 0 Å². The van der Waals surface area contributed by atoms with E-state index in [-0.39, 0.29) is 10.3 Å². The van der Waals surface area contributed by atoms with Crippen LogP contribution in [0.15, 0.2) is 39.9 Å². The van der Waals surface area contributed by atoms with Gasteiger partial charge in [0.25, 0.3) is 0 Å². The summed E-state index contributed by atoms with van der Waals surface area (Å²) in [5.74, 6) is 1.89. The Hall–Kier alpha value is -1.22. The summed E-state index contributed by atoms with van der Waals surface area (Å²) in [6.07, 6.45) is 0. The van der Waals surface area contributed by atoms with Crippen LogP contribution in [0.1, 0.15) is 10.9 Å². The van der Waals surface area contributed by atoms with E-state index in [0.29, 0.717) is 31.3 Å². The molecule has 1 saturated heterocycles. The number of benzene rings is 1. The Morgan fingerprint density at radius 1 is 1.13 bits per heavy atom. The van der Waals surface area contributed by atoms with Gasteiger partial charge in [-0.2, -0.15) is 15.6 Å². The Labute approximate surface area is 143 Å². The number of hydrogen-bond acceptors (Lipinski definition) is 6. The van der Waals surface area contributed by atoms with Crippen LogP contribution in [0.2, 0.25) is 0 Å². The highest BCUT2D eigenvalue weighted by atomic mass is 32.2. The summed E-state index contributed by atoms with van der Waals surface area (Å²) in [5.41, 5.74) is 1.04. The van der Waals surface area contributed by atoms with Crippen molar-refractivity contribution in [3.63, 3.8) is 0 Å². The zero-order chi connectivity index (χ0) is 15.9. The summed E-state index contributed by atoms with van der Waals surface area (Å²) in [6.45, 7) is 1.44. The Bertz CT molecular complexity index is 804. The molecule has 3 heterocycles. The van der Waals surface area contributed by atoms with Crippen LogP contribution in [0, 0.1) is 0 Å². The molecule has 0 amide bonds. The Kier molecular flexibility index (Phi) is 4.00. The van der Waals surface area contributed by atoms with E-state index in [1.54, 1.807) is 45.6 Å². The van der Waals surface area contributed by atoms with E-state index in [1.807, 2.05) is 16.8 Å². The molecular weight excluding hydrogens is 354 g/mol. The molecule has 0 unspecified atom stereocenters. The third-order valence-electron chi connectivity index (χ3n) is 3.80. The normalized spacial score (nSPS) is 21.5. The molecule has 8 heteroatoms. The topological polar surface area (TPSA) is 55.8 Å². The Morgan fingerprint density at radius 2 is 1.96 bits per heavy atom. The molecule has 2 aromatic rings. The zero-order valence-corrected chi connectivity index (χ0v) is 14.6. The maximum absolute atomic E-state index is 13.0. The average molecular weight is 369 g/mol. The Morgan fingerprint density at radius 3 is 2.74 bits per heavy atom. The lowest BCUT2D eigenvalue weighted by Gasteiger charge is -2.24. The summed E-state index contributed by atoms with van der Waals surface area (Å²) >= 11 is 3.24. The molecule has 1 aromatic carbocycles. The van der Waals surface area contributed by atoms with Crippen molar-refractivity contribution in [2.45, 2.75) is 10.3 Å². The van der Waals surface area contributed by atoms with Crippen molar-refractivity contribution in [3.8, 4) is 11.5 Å². The molecule has 1 fully saturated rings. The van der Waals surface area contributed by atoms with E-state index in [9.17, 15) is 8.42 Å². The molecule has 4 rings (SSSR count). The lowest BCUT2D eigenvalue weighted by molar-refractivity contribution is 0.171. The van der Waals surface area contributed by atoms with Gasteiger partial charge in [-0.05, 0) is 34.5 Å². The largest absolute Gasteiger partial charge is 0.486 e. The first kappa shape index (κ1) is 15.3. The molecule has 122 valence electrons. The monoisotopic (exact) mass is 369 g/mol. The molecule has 0 aliphatic carbocycles. The smallest absolute Gasteiger partial charge is 0.244 e. The average Bonchev–Trinajstić information content (AvgIpc) is 3.25. The van der Waals surface area contributed by atoms with Crippen LogP contribution in [0.5, 0.6) is 11.5 Å². The second kappa shape index (κ2) is 6.01. The third kappa shape index (κ3) is 2.73. The number of nitrogens with zero attached hydrogens (tertiary/aromatic N) is 1. The number of fused-ring (bicyclic) bond motifs is 1. The van der Waals surface area contributed by atoms with E-state index in [1.165, 1.54) is 0 Å². The molecule has 0 saturated carbocycles. The third-order valence-corrected chi connectivity index (χ3v) is 7.75. The van der Waals surface area contributed by atoms with Crippen molar-refractivity contribution in [2.75, 3.05) is 25.5 Å². The molecule has 2 aliphatic rings. The van der Waals surface area contributed by atoms with E-state index >= 15 is 0 Å². The second-order valence-corrected chi connectivity index (χ2v) is 9.06. The lowest BCUT2D eigenvalue weighted by atomic mass is 10.3. The SMILES string of the molecule is O=S(=O)(c1ccc2c(c1)OCCO2)N1CCS[C@H]1c1ccsc1. The maximum Gasteiger partial charge on any atom is 0.244 e. The highest BCUT2D eigenvalue weighted by Gasteiger charge is 2.37. The standard InChI is InChI=1S/C15H15NO4S3/c17-23(18,12-1-2-13-14(9-12)20-6-5-19-13)16-4-8-22-15(16)11-3-7-21-10-11/h1-3,7,9-10,15H,4-6,8H2/t15-/m0/s1. The molecule has 5 nitrogen and oxygen atoms in total. The molecule has 0 spiro atoms. The predicted octanol–water partition coefficient (Wildman–Crippen LogP) is 2.96. The first-order chi connectivity index (χ1) is 11.2. The first-order valence-corrected chi connectivity index (χ1v) is 10.6. The summed E-state index contributed by atoms with van der Waals surface area (Å²) in [5, 5.41) is 3.83. The number of sulfonamides is 1. The van der Waals surface area contributed by atoms with Crippen LogP contribution < -0.4 is 9.47 Å². The molecule has 0 radical (unpaired) electrons. The van der Waals surface area contributed by atoms with Crippen molar-refractivity contribution >= 4 is 33.1 Å². The van der Waals surface area contributed by atoms with Gasteiger partial charge in [-0.15, -0.1) is 11.8 Å². The number of thiophene rings is 1. The van der Waals surface area contributed by atoms with Crippen molar-refractivity contribution in [3.05, 3.63) is 40.6 Å². The van der Waals surface area contributed by atoms with E-state index in [2.05, 4.69) is 0 Å². The van der Waals surface area contributed by atoms with Gasteiger partial charge >= 0.3 is 0 Å². The molecule has 0 bridgehead atoms. The fourth-order valence-corrected chi connectivity index (χ4v) is 6.71. The highest BCUT2D eigenvalue weighted by Crippen LogP contribution is 2.43. The second-order valence-electron chi connectivity index (χ2n) is 5.20. The minimum Gasteiger partial charge on any atom is -0.486 e. The molecule has 1 aromatic heterocycles. The van der Waals surface area contributed by atoms with Crippen molar-refractivity contribution in [1.82, 2.24) is 4.31 Å². The number of hydrogen-bond donors (Lipinski definition) is 0. The minimum atomic E-state index is -3.57. The van der Waals surface area contributed by atoms with E-state index < -0.39 is 10.0 Å². The molecule has 0 N–H and O–H groups in total. The lowest BCUT2D eigenvalue weighted by Crippen LogP contribution is -2.30. The summed E-state index contributed by atoms with van der Waals surface area (Å²) in [6, 6.07) is 6.82. The van der Waals surface area contributed by atoms with Gasteiger partial charge in [0.2, 0.25) is 10.0 Å². The van der Waals surface area contributed by atoms with Crippen LogP contribution in [-0.2, 0) is 10.0 Å². The van der Waals surface area contributed by atoms with Crippen molar-refractivity contribution < 1.29 is 17.9 Å². The number of ether oxygens (including phenoxy) is 2. The first-order valence-electron chi connectivity index (χ1n) is 7.21. The number of rotatable bonds is 3. The minimum absolute atomic E-state index is 0.153. The van der Waals surface area contributed by atoms with Gasteiger partial charge in [0.05, 0.1) is 10.3 Å². The molecule has 23 heavy (non-hydrogen) atoms. The van der Waals surface area contributed by atoms with Gasteiger partial charge in [0.1, 0.15) is 13.2 Å². The fourth-order valence-electron chi connectivity index (χ4n) is 2.70. The number of thioether (sulfide) groups is 1. The van der Waals surface area contributed by atoms with Gasteiger partial charge in [0.15, 0.2) is 11.5 Å². The Balaban J connectivity index is 1.69.